The highest BCUT2D eigenvalue weighted by atomic mass is 16.6. The van der Waals surface area contributed by atoms with Crippen molar-refractivity contribution in [2.24, 2.45) is 0 Å². The van der Waals surface area contributed by atoms with Crippen LogP contribution < -0.4 is 25.6 Å². The summed E-state index contributed by atoms with van der Waals surface area (Å²) in [6, 6.07) is 5.61. The Hall–Kier alpha value is -3.14. The monoisotopic (exact) mass is 390 g/mol. The molecule has 0 spiro atoms. The third-order valence-corrected chi connectivity index (χ3v) is 3.71. The van der Waals surface area contributed by atoms with Crippen LogP contribution in [-0.4, -0.2) is 41.2 Å². The van der Waals surface area contributed by atoms with Crippen LogP contribution in [0.4, 0.5) is 17.3 Å². The number of nitrogens with one attached hydrogen (secondary N) is 3. The molecule has 2 rings (SSSR count). The van der Waals surface area contributed by atoms with E-state index >= 15 is 0 Å². The Morgan fingerprint density at radius 3 is 2.39 bits per heavy atom. The quantitative estimate of drug-likeness (QED) is 0.438. The highest BCUT2D eigenvalue weighted by molar-refractivity contribution is 5.69. The van der Waals surface area contributed by atoms with Crippen LogP contribution in [0.15, 0.2) is 24.5 Å². The molecule has 0 unspecified atom stereocenters. The summed E-state index contributed by atoms with van der Waals surface area (Å²) in [5, 5.41) is 14.6. The summed E-state index contributed by atoms with van der Waals surface area (Å²) in [7, 11) is 3.15. The van der Waals surface area contributed by atoms with Crippen molar-refractivity contribution >= 4 is 17.3 Å². The Bertz CT molecular complexity index is 822. The van der Waals surface area contributed by atoms with Gasteiger partial charge in [0.05, 0.1) is 19.1 Å². The van der Waals surface area contributed by atoms with E-state index in [9.17, 15) is 10.1 Å². The van der Waals surface area contributed by atoms with Gasteiger partial charge < -0.3 is 14.8 Å². The van der Waals surface area contributed by atoms with Gasteiger partial charge in [0.1, 0.15) is 6.33 Å². The number of hydrazine groups is 1. The van der Waals surface area contributed by atoms with E-state index < -0.39 is 4.92 Å². The first-order chi connectivity index (χ1) is 13.2. The minimum Gasteiger partial charge on any atom is -0.493 e. The van der Waals surface area contributed by atoms with Crippen molar-refractivity contribution in [1.29, 1.82) is 0 Å². The Morgan fingerprint density at radius 1 is 1.11 bits per heavy atom. The van der Waals surface area contributed by atoms with Gasteiger partial charge in [-0.15, -0.1) is 0 Å². The SMILES string of the molecule is COc1ccc(CCNc2ncnc(NNC(C)(C)C)c2[N+](=O)[O-])cc1OC. The molecular weight excluding hydrogens is 364 g/mol. The van der Waals surface area contributed by atoms with E-state index in [-0.39, 0.29) is 22.9 Å². The third-order valence-electron chi connectivity index (χ3n) is 3.71. The number of anilines is 2. The van der Waals surface area contributed by atoms with Crippen molar-refractivity contribution in [3.63, 3.8) is 0 Å². The van der Waals surface area contributed by atoms with Gasteiger partial charge in [0.15, 0.2) is 11.5 Å². The summed E-state index contributed by atoms with van der Waals surface area (Å²) in [6.07, 6.45) is 1.89. The lowest BCUT2D eigenvalue weighted by atomic mass is 10.1. The molecule has 0 atom stereocenters. The maximum absolute atomic E-state index is 11.5. The fourth-order valence-corrected chi connectivity index (χ4v) is 2.38. The minimum absolute atomic E-state index is 0.101. The molecule has 1 aromatic heterocycles. The molecule has 1 aromatic carbocycles. The van der Waals surface area contributed by atoms with Crippen molar-refractivity contribution in [3.05, 3.63) is 40.2 Å². The van der Waals surface area contributed by atoms with Crippen LogP contribution in [-0.2, 0) is 6.42 Å². The first-order valence-corrected chi connectivity index (χ1v) is 8.72. The summed E-state index contributed by atoms with van der Waals surface area (Å²) in [5.74, 6) is 1.53. The smallest absolute Gasteiger partial charge is 0.354 e. The third kappa shape index (κ3) is 5.68. The van der Waals surface area contributed by atoms with Gasteiger partial charge in [0.2, 0.25) is 11.6 Å². The molecule has 0 bridgehead atoms. The van der Waals surface area contributed by atoms with Crippen LogP contribution in [0.2, 0.25) is 0 Å². The maximum Gasteiger partial charge on any atom is 0.354 e. The molecule has 0 radical (unpaired) electrons. The maximum atomic E-state index is 11.5. The van der Waals surface area contributed by atoms with Crippen LogP contribution in [0.3, 0.4) is 0 Å². The minimum atomic E-state index is -0.509. The molecule has 3 N–H and O–H groups in total. The fraction of sp³-hybridized carbons (Fsp3) is 0.444. The zero-order chi connectivity index (χ0) is 20.7. The summed E-state index contributed by atoms with van der Waals surface area (Å²) in [5.41, 5.74) is 6.25. The van der Waals surface area contributed by atoms with Gasteiger partial charge in [-0.3, -0.25) is 15.5 Å². The number of ether oxygens (including phenoxy) is 2. The van der Waals surface area contributed by atoms with Gasteiger partial charge >= 0.3 is 5.69 Å². The summed E-state index contributed by atoms with van der Waals surface area (Å²) in [4.78, 5) is 19.0. The number of methoxy groups -OCH3 is 2. The van der Waals surface area contributed by atoms with Gasteiger partial charge in [-0.25, -0.2) is 15.4 Å². The van der Waals surface area contributed by atoms with E-state index in [1.54, 1.807) is 14.2 Å². The largest absolute Gasteiger partial charge is 0.493 e. The molecule has 10 heteroatoms. The molecule has 1 heterocycles. The van der Waals surface area contributed by atoms with Crippen LogP contribution in [0.1, 0.15) is 26.3 Å². The molecule has 0 saturated carbocycles. The lowest BCUT2D eigenvalue weighted by Crippen LogP contribution is -2.40. The topological polar surface area (TPSA) is 123 Å². The van der Waals surface area contributed by atoms with E-state index in [0.717, 1.165) is 5.56 Å². The number of benzene rings is 1. The van der Waals surface area contributed by atoms with E-state index in [1.165, 1.54) is 6.33 Å². The van der Waals surface area contributed by atoms with Crippen molar-refractivity contribution < 1.29 is 14.4 Å². The fourth-order valence-electron chi connectivity index (χ4n) is 2.38. The molecule has 0 fully saturated rings. The van der Waals surface area contributed by atoms with Crippen molar-refractivity contribution in [2.45, 2.75) is 32.7 Å². The zero-order valence-corrected chi connectivity index (χ0v) is 16.7. The number of nitrogens with zero attached hydrogens (tertiary/aromatic N) is 3. The molecule has 0 aliphatic carbocycles. The molecule has 152 valence electrons. The van der Waals surface area contributed by atoms with E-state index in [4.69, 9.17) is 9.47 Å². The molecule has 2 aromatic rings. The number of hydrogen-bond acceptors (Lipinski definition) is 9. The van der Waals surface area contributed by atoms with Gasteiger partial charge in [-0.1, -0.05) is 6.07 Å². The first kappa shape index (κ1) is 21.2. The second-order valence-electron chi connectivity index (χ2n) is 7.04. The summed E-state index contributed by atoms with van der Waals surface area (Å²) < 4.78 is 10.5. The van der Waals surface area contributed by atoms with Gasteiger partial charge in [-0.05, 0) is 44.9 Å². The van der Waals surface area contributed by atoms with Crippen LogP contribution >= 0.6 is 0 Å². The average Bonchev–Trinajstić information content (AvgIpc) is 2.65. The predicted octanol–water partition coefficient (Wildman–Crippen LogP) is 2.77. The molecule has 0 amide bonds. The molecule has 0 aliphatic heterocycles. The number of hydrogen-bond donors (Lipinski definition) is 3. The summed E-state index contributed by atoms with van der Waals surface area (Å²) >= 11 is 0. The lowest BCUT2D eigenvalue weighted by Gasteiger charge is -2.21. The Balaban J connectivity index is 2.10. The van der Waals surface area contributed by atoms with Gasteiger partial charge in [0, 0.05) is 12.1 Å². The van der Waals surface area contributed by atoms with Crippen molar-refractivity contribution in [3.8, 4) is 11.5 Å². The average molecular weight is 390 g/mol. The Kier molecular flexibility index (Phi) is 6.94. The lowest BCUT2D eigenvalue weighted by molar-refractivity contribution is -0.383. The number of nitro groups is 1. The molecule has 0 saturated heterocycles. The van der Waals surface area contributed by atoms with Crippen molar-refractivity contribution in [2.75, 3.05) is 31.5 Å². The second-order valence-corrected chi connectivity index (χ2v) is 7.04. The summed E-state index contributed by atoms with van der Waals surface area (Å²) in [6.45, 7) is 6.22. The highest BCUT2D eigenvalue weighted by Gasteiger charge is 2.23. The standard InChI is InChI=1S/C18H26N6O4/c1-18(2,3)23-22-17-15(24(25)26)16(20-11-21-17)19-9-8-12-6-7-13(27-4)14(10-12)28-5/h6-7,10-11,23H,8-9H2,1-5H3,(H2,19,20,21,22). The van der Waals surface area contributed by atoms with Crippen LogP contribution in [0.5, 0.6) is 11.5 Å². The van der Waals surface area contributed by atoms with Crippen LogP contribution in [0.25, 0.3) is 0 Å². The first-order valence-electron chi connectivity index (χ1n) is 8.72. The van der Waals surface area contributed by atoms with E-state index in [2.05, 4.69) is 26.1 Å². The Morgan fingerprint density at radius 2 is 1.79 bits per heavy atom. The number of rotatable bonds is 9. The normalized spacial score (nSPS) is 11.0. The second kappa shape index (κ2) is 9.18. The van der Waals surface area contributed by atoms with E-state index in [1.807, 2.05) is 39.0 Å². The predicted molar refractivity (Wildman–Crippen MR) is 107 cm³/mol. The zero-order valence-electron chi connectivity index (χ0n) is 16.7. The number of aromatic nitrogens is 2. The molecule has 28 heavy (non-hydrogen) atoms. The van der Waals surface area contributed by atoms with Crippen LogP contribution in [0, 0.1) is 10.1 Å². The van der Waals surface area contributed by atoms with Gasteiger partial charge in [0.25, 0.3) is 0 Å². The highest BCUT2D eigenvalue weighted by Crippen LogP contribution is 2.29. The van der Waals surface area contributed by atoms with Crippen molar-refractivity contribution in [1.82, 2.24) is 15.4 Å². The van der Waals surface area contributed by atoms with E-state index in [0.29, 0.717) is 24.5 Å². The Labute approximate surface area is 163 Å². The molecule has 0 aliphatic rings. The molecular formula is C18H26N6O4. The molecule has 10 nitrogen and oxygen atoms in total. The van der Waals surface area contributed by atoms with Gasteiger partial charge in [-0.2, -0.15) is 0 Å².